The zero-order valence-corrected chi connectivity index (χ0v) is 19.3. The third-order valence-corrected chi connectivity index (χ3v) is 6.65. The third kappa shape index (κ3) is 3.65. The first-order chi connectivity index (χ1) is 14.6. The van der Waals surface area contributed by atoms with Crippen molar-refractivity contribution in [2.24, 2.45) is 5.41 Å². The largest absolute Gasteiger partial charge is 0.0984 e. The number of allylic oxidation sites excluding steroid dienone is 9. The molecule has 0 heterocycles. The maximum atomic E-state index is 4.13. The highest BCUT2D eigenvalue weighted by Crippen LogP contribution is 2.56. The molecule has 0 fully saturated rings. The Morgan fingerprint density at radius 2 is 1.83 bits per heavy atom. The number of hydrogen-bond donors (Lipinski definition) is 0. The molecule has 0 aliphatic heterocycles. The highest BCUT2D eigenvalue weighted by Gasteiger charge is 2.42. The highest BCUT2D eigenvalue weighted by molar-refractivity contribution is 5.83. The molecule has 30 heavy (non-hydrogen) atoms. The van der Waals surface area contributed by atoms with Crippen molar-refractivity contribution in [3.05, 3.63) is 107 Å². The fraction of sp³-hybridized carbons (Fsp3) is 0.333. The molecule has 0 N–H and O–H groups in total. The molecule has 0 spiro atoms. The Kier molecular flexibility index (Phi) is 6.98. The lowest BCUT2D eigenvalue weighted by Gasteiger charge is -2.34. The first-order valence-electron chi connectivity index (χ1n) is 11.5. The number of hydrogen-bond acceptors (Lipinski definition) is 0. The Balaban J connectivity index is 0.00000124. The van der Waals surface area contributed by atoms with Gasteiger partial charge in [0.1, 0.15) is 0 Å². The van der Waals surface area contributed by atoms with Crippen LogP contribution >= 0.6 is 0 Å². The zero-order valence-electron chi connectivity index (χ0n) is 19.3. The van der Waals surface area contributed by atoms with Gasteiger partial charge in [-0.1, -0.05) is 112 Å². The van der Waals surface area contributed by atoms with E-state index in [-0.39, 0.29) is 5.41 Å². The molecule has 2 atom stereocenters. The van der Waals surface area contributed by atoms with Gasteiger partial charge in [0.15, 0.2) is 0 Å². The molecule has 0 amide bonds. The molecule has 0 heteroatoms. The minimum atomic E-state index is 0.0578. The predicted octanol–water partition coefficient (Wildman–Crippen LogP) is 9.08. The summed E-state index contributed by atoms with van der Waals surface area (Å²) in [6.45, 7) is 14.9. The van der Waals surface area contributed by atoms with Crippen molar-refractivity contribution in [1.82, 2.24) is 0 Å². The van der Waals surface area contributed by atoms with Gasteiger partial charge in [-0.05, 0) is 59.7 Å². The van der Waals surface area contributed by atoms with Gasteiger partial charge in [-0.2, -0.15) is 0 Å². The minimum absolute atomic E-state index is 0.0578. The van der Waals surface area contributed by atoms with Crippen molar-refractivity contribution < 1.29 is 0 Å². The van der Waals surface area contributed by atoms with Gasteiger partial charge in [0.2, 0.25) is 0 Å². The second kappa shape index (κ2) is 9.47. The molecular weight excluding hydrogens is 360 g/mol. The molecule has 0 saturated heterocycles. The van der Waals surface area contributed by atoms with Crippen LogP contribution in [0.1, 0.15) is 65.4 Å². The van der Waals surface area contributed by atoms with Gasteiger partial charge in [0, 0.05) is 11.3 Å². The smallest absolute Gasteiger partial charge is 0.0316 e. The molecule has 2 aromatic rings. The fourth-order valence-electron chi connectivity index (χ4n) is 5.31. The highest BCUT2D eigenvalue weighted by atomic mass is 14.5. The summed E-state index contributed by atoms with van der Waals surface area (Å²) in [7, 11) is 0. The van der Waals surface area contributed by atoms with Gasteiger partial charge in [0.05, 0.1) is 0 Å². The lowest BCUT2D eigenvalue weighted by molar-refractivity contribution is 0.473. The second-order valence-corrected chi connectivity index (χ2v) is 8.13. The quantitative estimate of drug-likeness (QED) is 0.442. The van der Waals surface area contributed by atoms with E-state index >= 15 is 0 Å². The SMILES string of the molecule is C=CC1=C(C)C(/C=C/C)(CCC)C2=C1C=CC(c1ccc3ccccc3c1)C2.CC. The minimum Gasteiger partial charge on any atom is -0.0984 e. The van der Waals surface area contributed by atoms with Crippen molar-refractivity contribution in [3.8, 4) is 0 Å². The molecule has 4 rings (SSSR count). The Labute approximate surface area is 183 Å². The summed E-state index contributed by atoms with van der Waals surface area (Å²) in [5, 5.41) is 2.64. The maximum absolute atomic E-state index is 4.13. The summed E-state index contributed by atoms with van der Waals surface area (Å²) in [4.78, 5) is 0. The van der Waals surface area contributed by atoms with Crippen molar-refractivity contribution >= 4 is 10.8 Å². The van der Waals surface area contributed by atoms with Gasteiger partial charge in [0.25, 0.3) is 0 Å². The summed E-state index contributed by atoms with van der Waals surface area (Å²) in [6.07, 6.45) is 14.9. The monoisotopic (exact) mass is 396 g/mol. The number of fused-ring (bicyclic) bond motifs is 1. The average molecular weight is 397 g/mol. The van der Waals surface area contributed by atoms with Gasteiger partial charge in [-0.15, -0.1) is 0 Å². The molecule has 2 aromatic carbocycles. The van der Waals surface area contributed by atoms with E-state index in [0.29, 0.717) is 5.92 Å². The van der Waals surface area contributed by atoms with E-state index in [4.69, 9.17) is 0 Å². The molecule has 0 bridgehead atoms. The number of benzene rings is 2. The Morgan fingerprint density at radius 1 is 1.10 bits per heavy atom. The van der Waals surface area contributed by atoms with Crippen LogP contribution < -0.4 is 0 Å². The third-order valence-electron chi connectivity index (χ3n) is 6.65. The second-order valence-electron chi connectivity index (χ2n) is 8.13. The van der Waals surface area contributed by atoms with Crippen molar-refractivity contribution in [3.63, 3.8) is 0 Å². The van der Waals surface area contributed by atoms with Crippen LogP contribution in [0.25, 0.3) is 10.8 Å². The Hall–Kier alpha value is -2.60. The van der Waals surface area contributed by atoms with E-state index in [1.165, 1.54) is 39.5 Å². The van der Waals surface area contributed by atoms with Crippen molar-refractivity contribution in [2.45, 2.75) is 59.8 Å². The normalized spacial score (nSPS) is 23.0. The fourth-order valence-corrected chi connectivity index (χ4v) is 5.31. The van der Waals surface area contributed by atoms with E-state index in [1.54, 1.807) is 5.57 Å². The topological polar surface area (TPSA) is 0 Å². The first kappa shape index (κ1) is 22.1. The van der Waals surface area contributed by atoms with E-state index < -0.39 is 0 Å². The van der Waals surface area contributed by atoms with Crippen LogP contribution in [-0.4, -0.2) is 0 Å². The molecule has 2 aliphatic carbocycles. The van der Waals surface area contributed by atoms with Crippen LogP contribution in [0.5, 0.6) is 0 Å². The zero-order chi connectivity index (χ0) is 21.7. The number of rotatable bonds is 5. The van der Waals surface area contributed by atoms with Crippen LogP contribution in [0.3, 0.4) is 0 Å². The molecule has 0 aromatic heterocycles. The average Bonchev–Trinajstić information content (AvgIpc) is 3.02. The molecule has 0 saturated carbocycles. The Bertz CT molecular complexity index is 1040. The molecule has 2 aliphatic rings. The van der Waals surface area contributed by atoms with Crippen molar-refractivity contribution in [1.29, 1.82) is 0 Å². The maximum Gasteiger partial charge on any atom is 0.0316 e. The van der Waals surface area contributed by atoms with Gasteiger partial charge in [-0.25, -0.2) is 0 Å². The molecular formula is C30H36. The van der Waals surface area contributed by atoms with Gasteiger partial charge < -0.3 is 0 Å². The lowest BCUT2D eigenvalue weighted by atomic mass is 9.69. The lowest BCUT2D eigenvalue weighted by Crippen LogP contribution is -2.22. The molecule has 0 radical (unpaired) electrons. The molecule has 156 valence electrons. The van der Waals surface area contributed by atoms with Crippen LogP contribution in [0, 0.1) is 5.41 Å². The standard InChI is InChI=1S/C28H30.C2H6/c1-5-16-28(17-6-2)20(4)25(7-3)26-15-14-24(19-27(26)28)23-13-12-21-10-8-9-11-22(21)18-23;1-2/h5,7-16,18,24H,3,6,17,19H2,1-2,4H3;1-2H3/b16-5+;. The van der Waals surface area contributed by atoms with Gasteiger partial charge >= 0.3 is 0 Å². The first-order valence-corrected chi connectivity index (χ1v) is 11.5. The van der Waals surface area contributed by atoms with Gasteiger partial charge in [-0.3, -0.25) is 0 Å². The summed E-state index contributed by atoms with van der Waals surface area (Å²) < 4.78 is 0. The van der Waals surface area contributed by atoms with Crippen LogP contribution in [0.4, 0.5) is 0 Å². The summed E-state index contributed by atoms with van der Waals surface area (Å²) in [6, 6.07) is 15.6. The summed E-state index contributed by atoms with van der Waals surface area (Å²) >= 11 is 0. The van der Waals surface area contributed by atoms with E-state index in [2.05, 4.69) is 100 Å². The van der Waals surface area contributed by atoms with E-state index in [0.717, 1.165) is 12.8 Å². The summed E-state index contributed by atoms with van der Waals surface area (Å²) in [5.41, 5.74) is 7.28. The van der Waals surface area contributed by atoms with Crippen LogP contribution in [0.15, 0.2) is 102 Å². The Morgan fingerprint density at radius 3 is 2.50 bits per heavy atom. The predicted molar refractivity (Wildman–Crippen MR) is 134 cm³/mol. The molecule has 0 nitrogen and oxygen atoms in total. The van der Waals surface area contributed by atoms with Crippen LogP contribution in [0.2, 0.25) is 0 Å². The summed E-state index contributed by atoms with van der Waals surface area (Å²) in [5.74, 6) is 0.432. The molecule has 2 unspecified atom stereocenters. The van der Waals surface area contributed by atoms with E-state index in [1.807, 2.05) is 13.8 Å². The van der Waals surface area contributed by atoms with E-state index in [9.17, 15) is 0 Å². The van der Waals surface area contributed by atoms with Crippen molar-refractivity contribution in [2.75, 3.05) is 0 Å². The van der Waals surface area contributed by atoms with Crippen LogP contribution in [-0.2, 0) is 0 Å².